The molecule has 0 fully saturated rings. The van der Waals surface area contributed by atoms with E-state index >= 15 is 0 Å². The van der Waals surface area contributed by atoms with Crippen LogP contribution < -0.4 is 5.84 Å². The Hall–Kier alpha value is -2.60. The zero-order valence-corrected chi connectivity index (χ0v) is 13.1. The van der Waals surface area contributed by atoms with E-state index in [2.05, 4.69) is 10.2 Å². The van der Waals surface area contributed by atoms with Gasteiger partial charge in [-0.2, -0.15) is 0 Å². The summed E-state index contributed by atoms with van der Waals surface area (Å²) in [5, 5.41) is 8.56. The van der Waals surface area contributed by atoms with E-state index in [0.717, 1.165) is 5.56 Å². The van der Waals surface area contributed by atoms with Crippen molar-refractivity contribution in [3.8, 4) is 11.4 Å². The lowest BCUT2D eigenvalue weighted by atomic mass is 10.2. The first-order valence-electron chi connectivity index (χ1n) is 7.05. The van der Waals surface area contributed by atoms with Crippen LogP contribution in [0.25, 0.3) is 17.5 Å². The van der Waals surface area contributed by atoms with Crippen LogP contribution in [0.2, 0.25) is 0 Å². The van der Waals surface area contributed by atoms with Crippen LogP contribution in [0, 0.1) is 5.82 Å². The molecular weight excluding hydrogens is 311 g/mol. The molecule has 3 aromatic rings. The number of benzene rings is 2. The van der Waals surface area contributed by atoms with E-state index in [4.69, 9.17) is 5.84 Å². The fraction of sp³-hybridized carbons (Fsp3) is 0.0588. The molecule has 0 atom stereocenters. The second-order valence-corrected chi connectivity index (χ2v) is 5.77. The van der Waals surface area contributed by atoms with Crippen molar-refractivity contribution in [2.24, 2.45) is 0 Å². The lowest BCUT2D eigenvalue weighted by Crippen LogP contribution is -2.12. The van der Waals surface area contributed by atoms with E-state index in [-0.39, 0.29) is 5.82 Å². The zero-order chi connectivity index (χ0) is 16.1. The molecule has 0 amide bonds. The van der Waals surface area contributed by atoms with Crippen molar-refractivity contribution in [1.82, 2.24) is 14.9 Å². The Labute approximate surface area is 137 Å². The number of halogens is 1. The Morgan fingerprint density at radius 3 is 2.57 bits per heavy atom. The number of thioether (sulfide) groups is 1. The predicted octanol–water partition coefficient (Wildman–Crippen LogP) is 3.60. The van der Waals surface area contributed by atoms with Crippen LogP contribution >= 0.6 is 11.8 Å². The summed E-state index contributed by atoms with van der Waals surface area (Å²) in [5.74, 6) is 6.62. The first kappa shape index (κ1) is 15.3. The van der Waals surface area contributed by atoms with E-state index in [1.807, 2.05) is 42.5 Å². The highest BCUT2D eigenvalue weighted by molar-refractivity contribution is 7.99. The molecular formula is C17H15FN4S. The Bertz CT molecular complexity index is 814. The minimum absolute atomic E-state index is 0.317. The van der Waals surface area contributed by atoms with E-state index in [1.165, 1.54) is 22.5 Å². The third-order valence-corrected chi connectivity index (χ3v) is 4.09. The fourth-order valence-corrected chi connectivity index (χ4v) is 2.74. The minimum Gasteiger partial charge on any atom is -0.335 e. The van der Waals surface area contributed by atoms with Crippen LogP contribution in [0.15, 0.2) is 65.8 Å². The molecule has 0 aliphatic rings. The van der Waals surface area contributed by atoms with Gasteiger partial charge in [-0.25, -0.2) is 9.07 Å². The molecule has 6 heteroatoms. The van der Waals surface area contributed by atoms with Crippen molar-refractivity contribution in [3.63, 3.8) is 0 Å². The minimum atomic E-state index is -0.368. The third-order valence-electron chi connectivity index (χ3n) is 3.20. The summed E-state index contributed by atoms with van der Waals surface area (Å²) >= 11 is 1.44. The second kappa shape index (κ2) is 7.11. The third kappa shape index (κ3) is 3.60. The van der Waals surface area contributed by atoms with Crippen molar-refractivity contribution in [2.75, 3.05) is 11.6 Å². The maximum absolute atomic E-state index is 13.8. The topological polar surface area (TPSA) is 56.7 Å². The van der Waals surface area contributed by atoms with Gasteiger partial charge >= 0.3 is 0 Å². The predicted molar refractivity (Wildman–Crippen MR) is 91.8 cm³/mol. The largest absolute Gasteiger partial charge is 0.335 e. The van der Waals surface area contributed by atoms with Gasteiger partial charge in [0.1, 0.15) is 5.82 Å². The molecule has 0 radical (unpaired) electrons. The highest BCUT2D eigenvalue weighted by Crippen LogP contribution is 2.23. The molecule has 116 valence electrons. The maximum Gasteiger partial charge on any atom is 0.210 e. The van der Waals surface area contributed by atoms with Gasteiger partial charge in [0.2, 0.25) is 5.16 Å². The number of nitrogens with two attached hydrogens (primary N) is 1. The number of rotatable bonds is 5. The van der Waals surface area contributed by atoms with Gasteiger partial charge in [-0.3, -0.25) is 0 Å². The fourth-order valence-electron chi connectivity index (χ4n) is 2.07. The summed E-state index contributed by atoms with van der Waals surface area (Å²) in [4.78, 5) is 0. The lowest BCUT2D eigenvalue weighted by Gasteiger charge is -2.03. The Kier molecular flexibility index (Phi) is 4.73. The average Bonchev–Trinajstić information content (AvgIpc) is 2.94. The average molecular weight is 326 g/mol. The summed E-state index contributed by atoms with van der Waals surface area (Å²) in [5.41, 5.74) is 1.48. The monoisotopic (exact) mass is 326 g/mol. The summed E-state index contributed by atoms with van der Waals surface area (Å²) in [6, 6.07) is 16.4. The molecule has 0 saturated heterocycles. The quantitative estimate of drug-likeness (QED) is 0.575. The molecule has 0 aliphatic heterocycles. The van der Waals surface area contributed by atoms with Crippen molar-refractivity contribution < 1.29 is 4.39 Å². The van der Waals surface area contributed by atoms with Gasteiger partial charge in [-0.1, -0.05) is 66.4 Å². The van der Waals surface area contributed by atoms with Gasteiger partial charge in [0.25, 0.3) is 0 Å². The van der Waals surface area contributed by atoms with Gasteiger partial charge in [-0.15, -0.1) is 10.2 Å². The highest BCUT2D eigenvalue weighted by atomic mass is 32.2. The summed E-state index contributed by atoms with van der Waals surface area (Å²) in [7, 11) is 0. The number of aromatic nitrogens is 3. The van der Waals surface area contributed by atoms with E-state index in [1.54, 1.807) is 18.2 Å². The first-order chi connectivity index (χ1) is 11.3. The Morgan fingerprint density at radius 1 is 1.04 bits per heavy atom. The normalized spacial score (nSPS) is 11.2. The van der Waals surface area contributed by atoms with Crippen molar-refractivity contribution in [1.29, 1.82) is 0 Å². The van der Waals surface area contributed by atoms with Crippen molar-refractivity contribution >= 4 is 17.8 Å². The molecule has 4 nitrogen and oxygen atoms in total. The van der Waals surface area contributed by atoms with Crippen LogP contribution in [-0.2, 0) is 0 Å². The van der Waals surface area contributed by atoms with E-state index < -0.39 is 0 Å². The summed E-state index contributed by atoms with van der Waals surface area (Å²) in [6.07, 6.45) is 4.06. The smallest absolute Gasteiger partial charge is 0.210 e. The molecule has 2 aromatic carbocycles. The summed E-state index contributed by atoms with van der Waals surface area (Å²) < 4.78 is 15.1. The van der Waals surface area contributed by atoms with Gasteiger partial charge in [-0.05, 0) is 17.7 Å². The second-order valence-electron chi connectivity index (χ2n) is 4.78. The zero-order valence-electron chi connectivity index (χ0n) is 12.3. The SMILES string of the molecule is Nn1c(SCC=Cc2ccccc2)nnc1-c1ccccc1F. The molecule has 0 bridgehead atoms. The Morgan fingerprint density at radius 2 is 1.78 bits per heavy atom. The molecule has 0 saturated carbocycles. The van der Waals surface area contributed by atoms with Crippen LogP contribution in [0.5, 0.6) is 0 Å². The number of nitrogens with zero attached hydrogens (tertiary/aromatic N) is 3. The van der Waals surface area contributed by atoms with Gasteiger partial charge in [0.15, 0.2) is 5.82 Å². The van der Waals surface area contributed by atoms with Gasteiger partial charge in [0, 0.05) is 5.75 Å². The Balaban J connectivity index is 1.68. The summed E-state index contributed by atoms with van der Waals surface area (Å²) in [6.45, 7) is 0. The maximum atomic E-state index is 13.8. The van der Waals surface area contributed by atoms with Crippen molar-refractivity contribution in [3.05, 3.63) is 72.1 Å². The standard InChI is InChI=1S/C17H15FN4S/c18-15-11-5-4-10-14(15)16-20-21-17(22(16)19)23-12-6-9-13-7-2-1-3-8-13/h1-11H,12,19H2. The number of nitrogen functional groups attached to an aromatic ring is 1. The van der Waals surface area contributed by atoms with E-state index in [0.29, 0.717) is 22.3 Å². The molecule has 3 rings (SSSR count). The molecule has 0 unspecified atom stereocenters. The molecule has 23 heavy (non-hydrogen) atoms. The van der Waals surface area contributed by atoms with Crippen LogP contribution in [0.3, 0.4) is 0 Å². The van der Waals surface area contributed by atoms with Crippen LogP contribution in [-0.4, -0.2) is 20.6 Å². The molecule has 1 heterocycles. The van der Waals surface area contributed by atoms with E-state index in [9.17, 15) is 4.39 Å². The molecule has 1 aromatic heterocycles. The highest BCUT2D eigenvalue weighted by Gasteiger charge is 2.14. The van der Waals surface area contributed by atoms with Gasteiger partial charge in [0.05, 0.1) is 5.56 Å². The van der Waals surface area contributed by atoms with Crippen LogP contribution in [0.4, 0.5) is 4.39 Å². The van der Waals surface area contributed by atoms with Gasteiger partial charge < -0.3 is 5.84 Å². The van der Waals surface area contributed by atoms with Crippen molar-refractivity contribution in [2.45, 2.75) is 5.16 Å². The molecule has 2 N–H and O–H groups in total. The number of hydrogen-bond donors (Lipinski definition) is 1. The molecule has 0 aliphatic carbocycles. The number of hydrogen-bond acceptors (Lipinski definition) is 4. The van der Waals surface area contributed by atoms with Crippen LogP contribution in [0.1, 0.15) is 5.56 Å². The molecule has 0 spiro atoms. The first-order valence-corrected chi connectivity index (χ1v) is 8.04. The lowest BCUT2D eigenvalue weighted by molar-refractivity contribution is 0.629.